The smallest absolute Gasteiger partial charge is 0.252 e. The minimum atomic E-state index is -1.96. The second-order valence-corrected chi connectivity index (χ2v) is 9.75. The van der Waals surface area contributed by atoms with Crippen LogP contribution in [0.25, 0.3) is 0 Å². The molecule has 0 aromatic rings. The van der Waals surface area contributed by atoms with Gasteiger partial charge in [-0.15, -0.1) is 0 Å². The van der Waals surface area contributed by atoms with Crippen LogP contribution >= 0.6 is 0 Å². The molecule has 8 heteroatoms. The highest BCUT2D eigenvalue weighted by Crippen LogP contribution is 2.26. The summed E-state index contributed by atoms with van der Waals surface area (Å²) in [4.78, 5) is 48.5. The van der Waals surface area contributed by atoms with Gasteiger partial charge in [0.25, 0.3) is 11.8 Å². The molecule has 0 heterocycles. The fourth-order valence-electron chi connectivity index (χ4n) is 3.10. The van der Waals surface area contributed by atoms with E-state index in [2.05, 4.69) is 17.6 Å². The summed E-state index contributed by atoms with van der Waals surface area (Å²) in [6.07, 6.45) is 2.04. The fourth-order valence-corrected chi connectivity index (χ4v) is 3.10. The molecule has 0 spiro atoms. The maximum Gasteiger partial charge on any atom is 0.252 e. The topological polar surface area (TPSA) is 133 Å². The van der Waals surface area contributed by atoms with Crippen LogP contribution in [0.15, 0.2) is 0 Å². The number of aliphatic hydroxyl groups excluding tert-OH is 2. The van der Waals surface area contributed by atoms with Gasteiger partial charge >= 0.3 is 0 Å². The third kappa shape index (κ3) is 10.7. The predicted octanol–water partition coefficient (Wildman–Crippen LogP) is 2.29. The van der Waals surface area contributed by atoms with E-state index < -0.39 is 34.9 Å². The Morgan fingerprint density at radius 2 is 1.16 bits per heavy atom. The zero-order valence-corrected chi connectivity index (χ0v) is 20.8. The second kappa shape index (κ2) is 14.4. The lowest BCUT2D eigenvalue weighted by molar-refractivity contribution is -0.146. The molecule has 0 aliphatic rings. The van der Waals surface area contributed by atoms with Crippen LogP contribution in [-0.2, 0) is 19.2 Å². The van der Waals surface area contributed by atoms with Crippen LogP contribution < -0.4 is 10.6 Å². The van der Waals surface area contributed by atoms with E-state index in [0.717, 1.165) is 32.1 Å². The van der Waals surface area contributed by atoms with Crippen molar-refractivity contribution < 1.29 is 29.4 Å². The van der Waals surface area contributed by atoms with Crippen molar-refractivity contribution in [3.63, 3.8) is 0 Å². The minimum absolute atomic E-state index is 0.00827. The Labute approximate surface area is 192 Å². The van der Waals surface area contributed by atoms with Crippen LogP contribution in [0.4, 0.5) is 0 Å². The van der Waals surface area contributed by atoms with E-state index in [0.29, 0.717) is 6.42 Å². The Morgan fingerprint density at radius 1 is 0.719 bits per heavy atom. The van der Waals surface area contributed by atoms with E-state index in [4.69, 9.17) is 0 Å². The number of rotatable bonds is 17. The van der Waals surface area contributed by atoms with Crippen molar-refractivity contribution in [1.82, 2.24) is 10.6 Å². The summed E-state index contributed by atoms with van der Waals surface area (Å²) in [5, 5.41) is 24.6. The number of nitrogens with one attached hydrogen (secondary N) is 2. The van der Waals surface area contributed by atoms with E-state index in [-0.39, 0.29) is 37.5 Å². The van der Waals surface area contributed by atoms with Gasteiger partial charge in [0.05, 0.1) is 0 Å². The van der Waals surface area contributed by atoms with Crippen LogP contribution in [0.3, 0.4) is 0 Å². The molecular formula is C24H44N2O6. The van der Waals surface area contributed by atoms with E-state index in [1.165, 1.54) is 0 Å². The standard InChI is InChI=1S/C24H44N2O6/c1-7-9-10-11-14-24(5,6)18(28)13-16-26-22(32)20(30)19(29)21(31)25-15-12-17(27)23(3,4)8-2/h19-20,29-30H,7-16H2,1-6H3,(H,25,31)(H,26,32)/t19-,20-/m1/s1. The van der Waals surface area contributed by atoms with Gasteiger partial charge in [0.15, 0.2) is 12.2 Å². The number of carbonyl (C=O) groups is 4. The first-order valence-electron chi connectivity index (χ1n) is 11.8. The van der Waals surface area contributed by atoms with Gasteiger partial charge in [-0.1, -0.05) is 67.2 Å². The Morgan fingerprint density at radius 3 is 1.56 bits per heavy atom. The summed E-state index contributed by atoms with van der Waals surface area (Å²) < 4.78 is 0. The lowest BCUT2D eigenvalue weighted by Gasteiger charge is -2.23. The first-order valence-corrected chi connectivity index (χ1v) is 11.8. The molecule has 2 amide bonds. The summed E-state index contributed by atoms with van der Waals surface area (Å²) in [5.74, 6) is -1.86. The van der Waals surface area contributed by atoms with Gasteiger partial charge in [0, 0.05) is 36.8 Å². The van der Waals surface area contributed by atoms with Crippen molar-refractivity contribution in [3.05, 3.63) is 0 Å². The number of hydrogen-bond donors (Lipinski definition) is 4. The molecule has 8 nitrogen and oxygen atoms in total. The monoisotopic (exact) mass is 456 g/mol. The number of Topliss-reactive ketones (excluding diaryl/α,β-unsaturated/α-hetero) is 2. The maximum absolute atomic E-state index is 12.4. The van der Waals surface area contributed by atoms with Crippen LogP contribution in [0.1, 0.15) is 92.9 Å². The molecule has 0 aromatic heterocycles. The normalized spacial score (nSPS) is 13.9. The van der Waals surface area contributed by atoms with Crippen molar-refractivity contribution in [3.8, 4) is 0 Å². The Kier molecular flexibility index (Phi) is 13.6. The highest BCUT2D eigenvalue weighted by molar-refractivity contribution is 5.91. The lowest BCUT2D eigenvalue weighted by atomic mass is 9.81. The summed E-state index contributed by atoms with van der Waals surface area (Å²) in [5.41, 5.74) is -0.982. The summed E-state index contributed by atoms with van der Waals surface area (Å²) in [6.45, 7) is 11.5. The number of amides is 2. The first kappa shape index (κ1) is 30.2. The van der Waals surface area contributed by atoms with Crippen molar-refractivity contribution >= 4 is 23.4 Å². The maximum atomic E-state index is 12.4. The molecule has 0 aliphatic heterocycles. The van der Waals surface area contributed by atoms with E-state index in [1.54, 1.807) is 0 Å². The van der Waals surface area contributed by atoms with Gasteiger partial charge in [-0.2, -0.15) is 0 Å². The SMILES string of the molecule is CCCCCCC(C)(C)C(=O)CCNC(=O)[C@H](O)[C@@H](O)C(=O)NCCC(=O)C(C)(C)CC. The molecule has 186 valence electrons. The summed E-state index contributed by atoms with van der Waals surface area (Å²) >= 11 is 0. The lowest BCUT2D eigenvalue weighted by Crippen LogP contribution is -2.50. The molecule has 0 saturated heterocycles. The zero-order chi connectivity index (χ0) is 24.9. The molecule has 0 rings (SSSR count). The van der Waals surface area contributed by atoms with E-state index in [1.807, 2.05) is 34.6 Å². The molecule has 0 aliphatic carbocycles. The van der Waals surface area contributed by atoms with Crippen LogP contribution in [0, 0.1) is 10.8 Å². The Bertz CT molecular complexity index is 630. The molecule has 2 atom stereocenters. The number of carbonyl (C=O) groups excluding carboxylic acids is 4. The molecule has 0 saturated carbocycles. The van der Waals surface area contributed by atoms with E-state index in [9.17, 15) is 29.4 Å². The summed E-state index contributed by atoms with van der Waals surface area (Å²) in [7, 11) is 0. The van der Waals surface area contributed by atoms with Crippen molar-refractivity contribution in [2.24, 2.45) is 10.8 Å². The number of aliphatic hydroxyl groups is 2. The largest absolute Gasteiger partial charge is 0.380 e. The molecular weight excluding hydrogens is 412 g/mol. The minimum Gasteiger partial charge on any atom is -0.380 e. The van der Waals surface area contributed by atoms with Crippen LogP contribution in [0.5, 0.6) is 0 Å². The Balaban J connectivity index is 4.38. The third-order valence-corrected chi connectivity index (χ3v) is 6.19. The molecule has 4 N–H and O–H groups in total. The van der Waals surface area contributed by atoms with E-state index >= 15 is 0 Å². The molecule has 0 fully saturated rings. The van der Waals surface area contributed by atoms with Gasteiger partial charge in [-0.3, -0.25) is 19.2 Å². The first-order chi connectivity index (χ1) is 14.8. The molecule has 0 aromatic carbocycles. The summed E-state index contributed by atoms with van der Waals surface area (Å²) in [6, 6.07) is 0. The van der Waals surface area contributed by atoms with Crippen LogP contribution in [-0.4, -0.2) is 58.9 Å². The van der Waals surface area contributed by atoms with Crippen molar-refractivity contribution in [2.45, 2.75) is 105 Å². The number of hydrogen-bond acceptors (Lipinski definition) is 6. The molecule has 0 bridgehead atoms. The van der Waals surface area contributed by atoms with Gasteiger partial charge in [0.1, 0.15) is 11.6 Å². The van der Waals surface area contributed by atoms with Gasteiger partial charge < -0.3 is 20.8 Å². The average molecular weight is 457 g/mol. The molecule has 0 unspecified atom stereocenters. The van der Waals surface area contributed by atoms with Gasteiger partial charge in [-0.05, 0) is 12.8 Å². The molecule has 32 heavy (non-hydrogen) atoms. The Hall–Kier alpha value is -1.80. The highest BCUT2D eigenvalue weighted by Gasteiger charge is 2.31. The van der Waals surface area contributed by atoms with Gasteiger partial charge in [-0.25, -0.2) is 0 Å². The fraction of sp³-hybridized carbons (Fsp3) is 0.833. The predicted molar refractivity (Wildman–Crippen MR) is 124 cm³/mol. The quantitative estimate of drug-likeness (QED) is 0.248. The average Bonchev–Trinajstić information content (AvgIpc) is 2.75. The van der Waals surface area contributed by atoms with Crippen molar-refractivity contribution in [1.29, 1.82) is 0 Å². The third-order valence-electron chi connectivity index (χ3n) is 6.19. The number of unbranched alkanes of at least 4 members (excludes halogenated alkanes) is 3. The van der Waals surface area contributed by atoms with Gasteiger partial charge in [0.2, 0.25) is 0 Å². The zero-order valence-electron chi connectivity index (χ0n) is 20.8. The molecule has 0 radical (unpaired) electrons. The highest BCUT2D eigenvalue weighted by atomic mass is 16.3. The van der Waals surface area contributed by atoms with Crippen LogP contribution in [0.2, 0.25) is 0 Å². The van der Waals surface area contributed by atoms with Crippen molar-refractivity contribution in [2.75, 3.05) is 13.1 Å². The number of ketones is 2. The second-order valence-electron chi connectivity index (χ2n) is 9.75.